The molecule has 1 aromatic carbocycles. The molecule has 0 aromatic heterocycles. The first-order valence-electron chi connectivity index (χ1n) is 5.43. The molecule has 0 fully saturated rings. The van der Waals surface area contributed by atoms with Crippen LogP contribution in [0.15, 0.2) is 22.7 Å². The summed E-state index contributed by atoms with van der Waals surface area (Å²) in [4.78, 5) is 0. The molecule has 0 saturated carbocycles. The second-order valence-corrected chi connectivity index (χ2v) is 5.12. The number of rotatable bonds is 5. The Morgan fingerprint density at radius 3 is 2.62 bits per heavy atom. The maximum Gasteiger partial charge on any atom is 0.137 e. The van der Waals surface area contributed by atoms with E-state index in [2.05, 4.69) is 35.1 Å². The number of nitrogens with two attached hydrogens (primary N) is 1. The molecule has 90 valence electrons. The number of nitrogens with one attached hydrogen (secondary N) is 1. The summed E-state index contributed by atoms with van der Waals surface area (Å²) in [6.45, 7) is 5.60. The molecule has 0 aliphatic rings. The van der Waals surface area contributed by atoms with Gasteiger partial charge in [0.15, 0.2) is 0 Å². The molecule has 0 amide bonds. The van der Waals surface area contributed by atoms with Gasteiger partial charge in [-0.1, -0.05) is 19.9 Å². The second kappa shape index (κ2) is 6.33. The summed E-state index contributed by atoms with van der Waals surface area (Å²) in [5.74, 6) is 0.302. The smallest absolute Gasteiger partial charge is 0.137 e. The molecule has 2 nitrogen and oxygen atoms in total. The molecule has 0 aliphatic carbocycles. The van der Waals surface area contributed by atoms with Crippen molar-refractivity contribution in [2.24, 2.45) is 11.7 Å². The van der Waals surface area contributed by atoms with Gasteiger partial charge in [-0.05, 0) is 46.1 Å². The molecule has 0 heterocycles. The summed E-state index contributed by atoms with van der Waals surface area (Å²) in [5, 5.41) is 3.32. The zero-order chi connectivity index (χ0) is 12.1. The van der Waals surface area contributed by atoms with Gasteiger partial charge >= 0.3 is 0 Å². The van der Waals surface area contributed by atoms with E-state index in [1.165, 1.54) is 6.07 Å². The SMILES string of the molecule is CC(C)CNC(CN)c1ccc(Br)c(F)c1. The topological polar surface area (TPSA) is 38.0 Å². The third kappa shape index (κ3) is 3.85. The standard InChI is InChI=1S/C12H18BrFN2/c1-8(2)7-16-12(6-15)9-3-4-10(13)11(14)5-9/h3-5,8,12,16H,6-7,15H2,1-2H3. The van der Waals surface area contributed by atoms with Crippen molar-refractivity contribution in [2.45, 2.75) is 19.9 Å². The van der Waals surface area contributed by atoms with Crippen LogP contribution in [0.3, 0.4) is 0 Å². The largest absolute Gasteiger partial charge is 0.329 e. The molecular weight excluding hydrogens is 271 g/mol. The predicted molar refractivity (Wildman–Crippen MR) is 68.7 cm³/mol. The molecule has 0 aliphatic heterocycles. The van der Waals surface area contributed by atoms with Crippen molar-refractivity contribution < 1.29 is 4.39 Å². The Morgan fingerprint density at radius 1 is 1.44 bits per heavy atom. The van der Waals surface area contributed by atoms with Gasteiger partial charge in [-0.3, -0.25) is 0 Å². The lowest BCUT2D eigenvalue weighted by Gasteiger charge is -2.19. The Bertz CT molecular complexity index is 342. The van der Waals surface area contributed by atoms with E-state index in [1.54, 1.807) is 6.07 Å². The minimum Gasteiger partial charge on any atom is -0.329 e. The van der Waals surface area contributed by atoms with Crippen molar-refractivity contribution in [3.05, 3.63) is 34.1 Å². The Labute approximate surface area is 105 Å². The van der Waals surface area contributed by atoms with E-state index in [0.717, 1.165) is 12.1 Å². The van der Waals surface area contributed by atoms with E-state index < -0.39 is 0 Å². The van der Waals surface area contributed by atoms with E-state index in [-0.39, 0.29) is 11.9 Å². The van der Waals surface area contributed by atoms with Crippen LogP contribution in [0, 0.1) is 11.7 Å². The quantitative estimate of drug-likeness (QED) is 0.874. The van der Waals surface area contributed by atoms with Gasteiger partial charge in [0.05, 0.1) is 4.47 Å². The second-order valence-electron chi connectivity index (χ2n) is 4.26. The van der Waals surface area contributed by atoms with Crippen LogP contribution in [0.2, 0.25) is 0 Å². The molecule has 0 radical (unpaired) electrons. The maximum absolute atomic E-state index is 13.4. The number of halogens is 2. The van der Waals surface area contributed by atoms with E-state index in [4.69, 9.17) is 5.73 Å². The van der Waals surface area contributed by atoms with Crippen LogP contribution in [0.4, 0.5) is 4.39 Å². The lowest BCUT2D eigenvalue weighted by atomic mass is 10.1. The summed E-state index contributed by atoms with van der Waals surface area (Å²) in [5.41, 5.74) is 6.57. The molecule has 1 rings (SSSR count). The predicted octanol–water partition coefficient (Wildman–Crippen LogP) is 2.83. The van der Waals surface area contributed by atoms with Gasteiger partial charge in [0.1, 0.15) is 5.82 Å². The fraction of sp³-hybridized carbons (Fsp3) is 0.500. The normalized spacial score (nSPS) is 13.1. The zero-order valence-corrected chi connectivity index (χ0v) is 11.2. The van der Waals surface area contributed by atoms with Crippen LogP contribution in [-0.4, -0.2) is 13.1 Å². The average molecular weight is 289 g/mol. The maximum atomic E-state index is 13.4. The van der Waals surface area contributed by atoms with Crippen LogP contribution in [0.1, 0.15) is 25.5 Å². The minimum absolute atomic E-state index is 0.0185. The summed E-state index contributed by atoms with van der Waals surface area (Å²) in [7, 11) is 0. The number of benzene rings is 1. The molecule has 1 atom stereocenters. The lowest BCUT2D eigenvalue weighted by molar-refractivity contribution is 0.477. The molecule has 1 unspecified atom stereocenters. The van der Waals surface area contributed by atoms with Gasteiger partial charge in [-0.2, -0.15) is 0 Å². The Balaban J connectivity index is 2.74. The van der Waals surface area contributed by atoms with Gasteiger partial charge in [-0.15, -0.1) is 0 Å². The summed E-state index contributed by atoms with van der Waals surface area (Å²) >= 11 is 3.14. The van der Waals surface area contributed by atoms with Crippen LogP contribution in [0.5, 0.6) is 0 Å². The summed E-state index contributed by atoms with van der Waals surface area (Å²) in [6.07, 6.45) is 0. The highest BCUT2D eigenvalue weighted by atomic mass is 79.9. The van der Waals surface area contributed by atoms with Crippen molar-refractivity contribution in [3.8, 4) is 0 Å². The molecule has 1 aromatic rings. The highest BCUT2D eigenvalue weighted by molar-refractivity contribution is 9.10. The Hall–Kier alpha value is -0.450. The van der Waals surface area contributed by atoms with E-state index >= 15 is 0 Å². The fourth-order valence-electron chi connectivity index (χ4n) is 1.44. The number of hydrogen-bond acceptors (Lipinski definition) is 2. The van der Waals surface area contributed by atoms with Crippen LogP contribution in [0.25, 0.3) is 0 Å². The van der Waals surface area contributed by atoms with Crippen molar-refractivity contribution in [2.75, 3.05) is 13.1 Å². The third-order valence-electron chi connectivity index (χ3n) is 2.35. The summed E-state index contributed by atoms with van der Waals surface area (Å²) < 4.78 is 13.8. The highest BCUT2D eigenvalue weighted by Crippen LogP contribution is 2.20. The molecule has 0 spiro atoms. The average Bonchev–Trinajstić information content (AvgIpc) is 2.23. The third-order valence-corrected chi connectivity index (χ3v) is 3.00. The zero-order valence-electron chi connectivity index (χ0n) is 9.63. The van der Waals surface area contributed by atoms with Gasteiger partial charge in [0.25, 0.3) is 0 Å². The van der Waals surface area contributed by atoms with E-state index in [1.807, 2.05) is 6.07 Å². The first-order chi connectivity index (χ1) is 7.54. The highest BCUT2D eigenvalue weighted by Gasteiger charge is 2.11. The molecule has 3 N–H and O–H groups in total. The molecule has 4 heteroatoms. The lowest BCUT2D eigenvalue weighted by Crippen LogP contribution is -2.31. The van der Waals surface area contributed by atoms with Gasteiger partial charge < -0.3 is 11.1 Å². The summed E-state index contributed by atoms with van der Waals surface area (Å²) in [6, 6.07) is 5.14. The van der Waals surface area contributed by atoms with Crippen LogP contribution in [-0.2, 0) is 0 Å². The minimum atomic E-state index is -0.248. The number of hydrogen-bond donors (Lipinski definition) is 2. The molecular formula is C12H18BrFN2. The molecule has 0 bridgehead atoms. The van der Waals surface area contributed by atoms with Gasteiger partial charge in [-0.25, -0.2) is 4.39 Å². The fourth-order valence-corrected chi connectivity index (χ4v) is 1.69. The first kappa shape index (κ1) is 13.6. The van der Waals surface area contributed by atoms with Gasteiger partial charge in [0, 0.05) is 12.6 Å². The van der Waals surface area contributed by atoms with Crippen molar-refractivity contribution in [3.63, 3.8) is 0 Å². The Morgan fingerprint density at radius 2 is 2.12 bits per heavy atom. The van der Waals surface area contributed by atoms with Crippen molar-refractivity contribution in [1.29, 1.82) is 0 Å². The van der Waals surface area contributed by atoms with Crippen LogP contribution < -0.4 is 11.1 Å². The monoisotopic (exact) mass is 288 g/mol. The molecule has 16 heavy (non-hydrogen) atoms. The van der Waals surface area contributed by atoms with E-state index in [0.29, 0.717) is 16.9 Å². The van der Waals surface area contributed by atoms with Crippen molar-refractivity contribution >= 4 is 15.9 Å². The molecule has 0 saturated heterocycles. The Kier molecular flexibility index (Phi) is 5.38. The van der Waals surface area contributed by atoms with Gasteiger partial charge in [0.2, 0.25) is 0 Å². The van der Waals surface area contributed by atoms with Crippen LogP contribution >= 0.6 is 15.9 Å². The van der Waals surface area contributed by atoms with E-state index in [9.17, 15) is 4.39 Å². The van der Waals surface area contributed by atoms with Crippen molar-refractivity contribution in [1.82, 2.24) is 5.32 Å². The first-order valence-corrected chi connectivity index (χ1v) is 6.22.